The SMILES string of the molecule is Cc1nc(NC(=O)COc2ccccc2)sc1C(=O)NC1CCCCC1. The Balaban J connectivity index is 1.53. The number of thiazole rings is 1. The molecule has 2 amide bonds. The Morgan fingerprint density at radius 1 is 1.19 bits per heavy atom. The van der Waals surface area contributed by atoms with Gasteiger partial charge in [0.2, 0.25) is 0 Å². The van der Waals surface area contributed by atoms with Crippen molar-refractivity contribution in [2.75, 3.05) is 11.9 Å². The molecule has 138 valence electrons. The first kappa shape index (κ1) is 18.4. The van der Waals surface area contributed by atoms with Crippen LogP contribution in [-0.4, -0.2) is 29.4 Å². The van der Waals surface area contributed by atoms with Crippen LogP contribution in [0, 0.1) is 6.92 Å². The highest BCUT2D eigenvalue weighted by Gasteiger charge is 2.21. The second-order valence-electron chi connectivity index (χ2n) is 6.39. The van der Waals surface area contributed by atoms with Crippen LogP contribution in [0.4, 0.5) is 5.13 Å². The van der Waals surface area contributed by atoms with Gasteiger partial charge < -0.3 is 10.1 Å². The van der Waals surface area contributed by atoms with Gasteiger partial charge in [0.1, 0.15) is 10.6 Å². The number of carbonyl (C=O) groups excluding carboxylic acids is 2. The van der Waals surface area contributed by atoms with Gasteiger partial charge in [-0.15, -0.1) is 0 Å². The molecule has 0 spiro atoms. The van der Waals surface area contributed by atoms with E-state index >= 15 is 0 Å². The van der Waals surface area contributed by atoms with Crippen LogP contribution in [0.2, 0.25) is 0 Å². The first-order valence-electron chi connectivity index (χ1n) is 8.88. The Morgan fingerprint density at radius 2 is 1.92 bits per heavy atom. The van der Waals surface area contributed by atoms with Crippen molar-refractivity contribution in [1.82, 2.24) is 10.3 Å². The smallest absolute Gasteiger partial charge is 0.264 e. The fourth-order valence-corrected chi connectivity index (χ4v) is 3.87. The van der Waals surface area contributed by atoms with E-state index in [0.29, 0.717) is 21.5 Å². The summed E-state index contributed by atoms with van der Waals surface area (Å²) < 4.78 is 5.41. The number of nitrogens with zero attached hydrogens (tertiary/aromatic N) is 1. The average Bonchev–Trinajstić information content (AvgIpc) is 3.02. The summed E-state index contributed by atoms with van der Waals surface area (Å²) in [6, 6.07) is 9.38. The van der Waals surface area contributed by atoms with Gasteiger partial charge in [-0.05, 0) is 31.9 Å². The number of benzene rings is 1. The predicted octanol–water partition coefficient (Wildman–Crippen LogP) is 3.53. The lowest BCUT2D eigenvalue weighted by Crippen LogP contribution is -2.36. The molecule has 0 atom stereocenters. The van der Waals surface area contributed by atoms with Crippen molar-refractivity contribution in [2.24, 2.45) is 0 Å². The van der Waals surface area contributed by atoms with E-state index in [4.69, 9.17) is 4.74 Å². The summed E-state index contributed by atoms with van der Waals surface area (Å²) in [5.41, 5.74) is 0.627. The van der Waals surface area contributed by atoms with Crippen LogP contribution >= 0.6 is 11.3 Å². The van der Waals surface area contributed by atoms with Gasteiger partial charge in [-0.25, -0.2) is 4.98 Å². The number of aryl methyl sites for hydroxylation is 1. The van der Waals surface area contributed by atoms with Gasteiger partial charge >= 0.3 is 0 Å². The minimum atomic E-state index is -0.304. The van der Waals surface area contributed by atoms with Crippen molar-refractivity contribution in [1.29, 1.82) is 0 Å². The minimum absolute atomic E-state index is 0.104. The van der Waals surface area contributed by atoms with E-state index in [-0.39, 0.29) is 24.5 Å². The summed E-state index contributed by atoms with van der Waals surface area (Å²) >= 11 is 1.20. The number of para-hydroxylation sites is 1. The quantitative estimate of drug-likeness (QED) is 0.812. The number of hydrogen-bond acceptors (Lipinski definition) is 5. The molecule has 0 saturated heterocycles. The molecule has 1 aromatic heterocycles. The van der Waals surface area contributed by atoms with E-state index in [9.17, 15) is 9.59 Å². The maximum atomic E-state index is 12.5. The maximum Gasteiger partial charge on any atom is 0.264 e. The number of ether oxygens (including phenoxy) is 1. The molecule has 6 nitrogen and oxygen atoms in total. The minimum Gasteiger partial charge on any atom is -0.484 e. The highest BCUT2D eigenvalue weighted by Crippen LogP contribution is 2.24. The number of rotatable bonds is 6. The molecule has 1 aliphatic rings. The summed E-state index contributed by atoms with van der Waals surface area (Å²) in [7, 11) is 0. The highest BCUT2D eigenvalue weighted by atomic mass is 32.1. The molecule has 1 aromatic carbocycles. The standard InChI is InChI=1S/C19H23N3O3S/c1-13-17(18(24)21-14-8-4-2-5-9-14)26-19(20-13)22-16(23)12-25-15-10-6-3-7-11-15/h3,6-7,10-11,14H,2,4-5,8-9,12H2,1H3,(H,21,24)(H,20,22,23). The maximum absolute atomic E-state index is 12.5. The van der Waals surface area contributed by atoms with Gasteiger partial charge in [0, 0.05) is 6.04 Å². The van der Waals surface area contributed by atoms with E-state index in [1.165, 1.54) is 17.8 Å². The molecule has 1 saturated carbocycles. The van der Waals surface area contributed by atoms with E-state index in [0.717, 1.165) is 25.7 Å². The Morgan fingerprint density at radius 3 is 2.65 bits per heavy atom. The number of carbonyl (C=O) groups is 2. The second-order valence-corrected chi connectivity index (χ2v) is 7.39. The highest BCUT2D eigenvalue weighted by molar-refractivity contribution is 7.17. The van der Waals surface area contributed by atoms with Crippen molar-refractivity contribution >= 4 is 28.3 Å². The second kappa shape index (κ2) is 8.80. The van der Waals surface area contributed by atoms with Crippen LogP contribution in [0.1, 0.15) is 47.5 Å². The van der Waals surface area contributed by atoms with Crippen LogP contribution in [0.25, 0.3) is 0 Å². The Hall–Kier alpha value is -2.41. The molecule has 0 aliphatic heterocycles. The molecule has 7 heteroatoms. The predicted molar refractivity (Wildman–Crippen MR) is 102 cm³/mol. The van der Waals surface area contributed by atoms with Crippen molar-refractivity contribution in [3.63, 3.8) is 0 Å². The molecular formula is C19H23N3O3S. The van der Waals surface area contributed by atoms with Gasteiger partial charge in [-0.3, -0.25) is 14.9 Å². The van der Waals surface area contributed by atoms with Crippen LogP contribution in [0.5, 0.6) is 5.75 Å². The lowest BCUT2D eigenvalue weighted by atomic mass is 9.95. The van der Waals surface area contributed by atoms with Gasteiger partial charge in [0.15, 0.2) is 11.7 Å². The lowest BCUT2D eigenvalue weighted by Gasteiger charge is -2.22. The zero-order valence-corrected chi connectivity index (χ0v) is 15.6. The number of amides is 2. The van der Waals surface area contributed by atoms with E-state index in [2.05, 4.69) is 15.6 Å². The van der Waals surface area contributed by atoms with Crippen molar-refractivity contribution in [3.05, 3.63) is 40.9 Å². The van der Waals surface area contributed by atoms with Gasteiger partial charge in [0.05, 0.1) is 5.69 Å². The fourth-order valence-electron chi connectivity index (χ4n) is 2.98. The molecule has 26 heavy (non-hydrogen) atoms. The monoisotopic (exact) mass is 373 g/mol. The Bertz CT molecular complexity index is 755. The molecule has 0 bridgehead atoms. The fraction of sp³-hybridized carbons (Fsp3) is 0.421. The van der Waals surface area contributed by atoms with Gasteiger partial charge in [-0.2, -0.15) is 0 Å². The number of anilines is 1. The molecule has 1 fully saturated rings. The molecule has 0 unspecified atom stereocenters. The Labute approximate surface area is 157 Å². The molecule has 2 N–H and O–H groups in total. The number of nitrogens with one attached hydrogen (secondary N) is 2. The van der Waals surface area contributed by atoms with Crippen molar-refractivity contribution < 1.29 is 14.3 Å². The Kier molecular flexibility index (Phi) is 6.22. The molecule has 0 radical (unpaired) electrons. The summed E-state index contributed by atoms with van der Waals surface area (Å²) in [5.74, 6) is 0.222. The van der Waals surface area contributed by atoms with Crippen LogP contribution in [0.15, 0.2) is 30.3 Å². The van der Waals surface area contributed by atoms with E-state index in [1.807, 2.05) is 18.2 Å². The summed E-state index contributed by atoms with van der Waals surface area (Å²) in [4.78, 5) is 29.3. The zero-order valence-electron chi connectivity index (χ0n) is 14.8. The molecule has 3 rings (SSSR count). The van der Waals surface area contributed by atoms with Crippen molar-refractivity contribution in [2.45, 2.75) is 45.1 Å². The van der Waals surface area contributed by atoms with Gasteiger partial charge in [0.25, 0.3) is 11.8 Å². The average molecular weight is 373 g/mol. The molecule has 2 aromatic rings. The molecule has 1 heterocycles. The first-order valence-corrected chi connectivity index (χ1v) is 9.69. The summed E-state index contributed by atoms with van der Waals surface area (Å²) in [5, 5.41) is 6.19. The van der Waals surface area contributed by atoms with Gasteiger partial charge in [-0.1, -0.05) is 48.8 Å². The summed E-state index contributed by atoms with van der Waals surface area (Å²) in [6.45, 7) is 1.68. The third-order valence-electron chi connectivity index (χ3n) is 4.30. The summed E-state index contributed by atoms with van der Waals surface area (Å²) in [6.07, 6.45) is 5.63. The van der Waals surface area contributed by atoms with Crippen LogP contribution in [0.3, 0.4) is 0 Å². The molecular weight excluding hydrogens is 350 g/mol. The third-order valence-corrected chi connectivity index (χ3v) is 5.37. The largest absolute Gasteiger partial charge is 0.484 e. The number of hydrogen-bond donors (Lipinski definition) is 2. The topological polar surface area (TPSA) is 80.3 Å². The van der Waals surface area contributed by atoms with E-state index in [1.54, 1.807) is 19.1 Å². The van der Waals surface area contributed by atoms with Crippen LogP contribution in [-0.2, 0) is 4.79 Å². The number of aromatic nitrogens is 1. The third kappa shape index (κ3) is 5.05. The van der Waals surface area contributed by atoms with Crippen LogP contribution < -0.4 is 15.4 Å². The normalized spacial score (nSPS) is 14.7. The van der Waals surface area contributed by atoms with E-state index < -0.39 is 0 Å². The first-order chi connectivity index (χ1) is 12.6. The lowest BCUT2D eigenvalue weighted by molar-refractivity contribution is -0.118. The molecule has 1 aliphatic carbocycles. The van der Waals surface area contributed by atoms with Crippen molar-refractivity contribution in [3.8, 4) is 5.75 Å². The zero-order chi connectivity index (χ0) is 18.4.